The van der Waals surface area contributed by atoms with Gasteiger partial charge in [-0.05, 0) is 18.6 Å². The fraction of sp³-hybridized carbons (Fsp3) is 0.429. The standard InChI is InChI=1S/C14H18ClN3S/c1-9-5-10(6-17-12(9)15)16-7-11-8-19-13(18-11)14(2,3)4/h5-6,8,16H,7H2,1-4H3. The Kier molecular flexibility index (Phi) is 4.11. The SMILES string of the molecule is Cc1cc(NCc2csc(C(C)(C)C)n2)cnc1Cl. The number of thiazole rings is 1. The number of hydrogen-bond acceptors (Lipinski definition) is 4. The number of nitrogens with one attached hydrogen (secondary N) is 1. The van der Waals surface area contributed by atoms with Gasteiger partial charge in [-0.25, -0.2) is 9.97 Å². The molecule has 2 heterocycles. The zero-order valence-electron chi connectivity index (χ0n) is 11.6. The van der Waals surface area contributed by atoms with Crippen LogP contribution in [0.3, 0.4) is 0 Å². The second-order valence-corrected chi connectivity index (χ2v) is 6.80. The van der Waals surface area contributed by atoms with Gasteiger partial charge in [-0.2, -0.15) is 0 Å². The molecule has 0 spiro atoms. The van der Waals surface area contributed by atoms with E-state index in [9.17, 15) is 0 Å². The maximum atomic E-state index is 5.90. The quantitative estimate of drug-likeness (QED) is 0.852. The number of anilines is 1. The molecule has 0 amide bonds. The average Bonchev–Trinajstić information content (AvgIpc) is 2.79. The van der Waals surface area contributed by atoms with Gasteiger partial charge in [0.25, 0.3) is 0 Å². The van der Waals surface area contributed by atoms with E-state index < -0.39 is 0 Å². The fourth-order valence-electron chi connectivity index (χ4n) is 1.58. The van der Waals surface area contributed by atoms with Crippen LogP contribution in [0.1, 0.15) is 37.0 Å². The van der Waals surface area contributed by atoms with Gasteiger partial charge in [0.1, 0.15) is 5.15 Å². The van der Waals surface area contributed by atoms with Crippen LogP contribution in [0, 0.1) is 6.92 Å². The summed E-state index contributed by atoms with van der Waals surface area (Å²) in [4.78, 5) is 8.77. The van der Waals surface area contributed by atoms with Gasteiger partial charge in [0.15, 0.2) is 0 Å². The first-order chi connectivity index (χ1) is 8.86. The zero-order valence-corrected chi connectivity index (χ0v) is 13.2. The lowest BCUT2D eigenvalue weighted by atomic mass is 9.98. The number of halogens is 1. The number of aromatic nitrogens is 2. The predicted molar refractivity (Wildman–Crippen MR) is 82.1 cm³/mol. The first kappa shape index (κ1) is 14.3. The van der Waals surface area contributed by atoms with Crippen LogP contribution in [0.5, 0.6) is 0 Å². The van der Waals surface area contributed by atoms with Gasteiger partial charge in [-0.1, -0.05) is 32.4 Å². The van der Waals surface area contributed by atoms with E-state index in [2.05, 4.69) is 41.4 Å². The van der Waals surface area contributed by atoms with Crippen molar-refractivity contribution in [2.24, 2.45) is 0 Å². The molecule has 0 fully saturated rings. The first-order valence-electron chi connectivity index (χ1n) is 6.17. The molecule has 0 unspecified atom stereocenters. The highest BCUT2D eigenvalue weighted by Crippen LogP contribution is 2.26. The third-order valence-electron chi connectivity index (χ3n) is 2.68. The van der Waals surface area contributed by atoms with Crippen molar-refractivity contribution in [3.8, 4) is 0 Å². The van der Waals surface area contributed by atoms with Crippen LogP contribution < -0.4 is 5.32 Å². The van der Waals surface area contributed by atoms with Gasteiger partial charge in [0, 0.05) is 10.8 Å². The Hall–Kier alpha value is -1.13. The third kappa shape index (κ3) is 3.67. The van der Waals surface area contributed by atoms with Gasteiger partial charge in [-0.3, -0.25) is 0 Å². The maximum absolute atomic E-state index is 5.90. The van der Waals surface area contributed by atoms with Crippen molar-refractivity contribution in [3.05, 3.63) is 39.1 Å². The van der Waals surface area contributed by atoms with Crippen LogP contribution in [0.15, 0.2) is 17.6 Å². The summed E-state index contributed by atoms with van der Waals surface area (Å²) in [5.74, 6) is 0. The summed E-state index contributed by atoms with van der Waals surface area (Å²) in [7, 11) is 0. The minimum absolute atomic E-state index is 0.112. The van der Waals surface area contributed by atoms with Crippen molar-refractivity contribution >= 4 is 28.6 Å². The topological polar surface area (TPSA) is 37.8 Å². The molecule has 0 aliphatic carbocycles. The van der Waals surface area contributed by atoms with E-state index in [1.165, 1.54) is 0 Å². The van der Waals surface area contributed by atoms with Crippen LogP contribution in [-0.2, 0) is 12.0 Å². The highest BCUT2D eigenvalue weighted by atomic mass is 35.5. The third-order valence-corrected chi connectivity index (χ3v) is 4.39. The number of hydrogen-bond donors (Lipinski definition) is 1. The normalized spacial score (nSPS) is 11.6. The Morgan fingerprint density at radius 3 is 2.68 bits per heavy atom. The number of nitrogens with zero attached hydrogens (tertiary/aromatic N) is 2. The Morgan fingerprint density at radius 1 is 1.37 bits per heavy atom. The van der Waals surface area contributed by atoms with Crippen LogP contribution >= 0.6 is 22.9 Å². The van der Waals surface area contributed by atoms with E-state index in [-0.39, 0.29) is 5.41 Å². The van der Waals surface area contributed by atoms with Crippen molar-refractivity contribution in [3.63, 3.8) is 0 Å². The van der Waals surface area contributed by atoms with Gasteiger partial charge >= 0.3 is 0 Å². The Bertz CT molecular complexity index is 572. The summed E-state index contributed by atoms with van der Waals surface area (Å²) >= 11 is 7.61. The average molecular weight is 296 g/mol. The lowest BCUT2D eigenvalue weighted by Gasteiger charge is -2.13. The molecule has 3 nitrogen and oxygen atoms in total. The van der Waals surface area contributed by atoms with E-state index >= 15 is 0 Å². The molecule has 0 bridgehead atoms. The summed E-state index contributed by atoms with van der Waals surface area (Å²) in [6.07, 6.45) is 1.74. The van der Waals surface area contributed by atoms with Gasteiger partial charge in [-0.15, -0.1) is 11.3 Å². The molecule has 2 rings (SSSR count). The molecular weight excluding hydrogens is 278 g/mol. The highest BCUT2D eigenvalue weighted by molar-refractivity contribution is 7.09. The number of aryl methyl sites for hydroxylation is 1. The molecule has 0 atom stereocenters. The highest BCUT2D eigenvalue weighted by Gasteiger charge is 2.17. The monoisotopic (exact) mass is 295 g/mol. The second-order valence-electron chi connectivity index (χ2n) is 5.58. The van der Waals surface area contributed by atoms with Crippen molar-refractivity contribution in [1.82, 2.24) is 9.97 Å². The van der Waals surface area contributed by atoms with Crippen LogP contribution in [-0.4, -0.2) is 9.97 Å². The summed E-state index contributed by atoms with van der Waals surface area (Å²) < 4.78 is 0. The van der Waals surface area contributed by atoms with Crippen molar-refractivity contribution in [2.75, 3.05) is 5.32 Å². The van der Waals surface area contributed by atoms with E-state index in [1.54, 1.807) is 17.5 Å². The number of pyridine rings is 1. The molecule has 0 aliphatic rings. The minimum atomic E-state index is 0.112. The van der Waals surface area contributed by atoms with E-state index in [0.717, 1.165) is 22.0 Å². The summed E-state index contributed by atoms with van der Waals surface area (Å²) in [6, 6.07) is 1.99. The van der Waals surface area contributed by atoms with Crippen LogP contribution in [0.2, 0.25) is 5.15 Å². The molecule has 0 radical (unpaired) electrons. The molecule has 1 N–H and O–H groups in total. The predicted octanol–water partition coefficient (Wildman–Crippen LogP) is 4.41. The smallest absolute Gasteiger partial charge is 0.132 e. The minimum Gasteiger partial charge on any atom is -0.378 e. The van der Waals surface area contributed by atoms with Crippen LogP contribution in [0.4, 0.5) is 5.69 Å². The maximum Gasteiger partial charge on any atom is 0.132 e. The Labute approximate surface area is 123 Å². The molecule has 0 saturated carbocycles. The van der Waals surface area contributed by atoms with E-state index in [0.29, 0.717) is 11.7 Å². The summed E-state index contributed by atoms with van der Waals surface area (Å²) in [5, 5.41) is 7.13. The summed E-state index contributed by atoms with van der Waals surface area (Å²) in [6.45, 7) is 9.18. The fourth-order valence-corrected chi connectivity index (χ4v) is 2.59. The van der Waals surface area contributed by atoms with Gasteiger partial charge in [0.05, 0.1) is 29.1 Å². The lowest BCUT2D eigenvalue weighted by Crippen LogP contribution is -2.11. The van der Waals surface area contributed by atoms with Crippen LogP contribution in [0.25, 0.3) is 0 Å². The molecule has 102 valence electrons. The molecule has 0 saturated heterocycles. The van der Waals surface area contributed by atoms with Crippen molar-refractivity contribution in [1.29, 1.82) is 0 Å². The first-order valence-corrected chi connectivity index (χ1v) is 7.43. The lowest BCUT2D eigenvalue weighted by molar-refractivity contribution is 0.583. The van der Waals surface area contributed by atoms with Crippen molar-refractivity contribution < 1.29 is 0 Å². The zero-order chi connectivity index (χ0) is 14.0. The Balaban J connectivity index is 2.02. The summed E-state index contributed by atoms with van der Waals surface area (Å²) in [5.41, 5.74) is 3.11. The van der Waals surface area contributed by atoms with Gasteiger partial charge < -0.3 is 5.32 Å². The molecule has 2 aromatic heterocycles. The molecule has 2 aromatic rings. The van der Waals surface area contributed by atoms with Crippen molar-refractivity contribution in [2.45, 2.75) is 39.7 Å². The molecule has 0 aliphatic heterocycles. The molecule has 0 aromatic carbocycles. The molecule has 5 heteroatoms. The largest absolute Gasteiger partial charge is 0.378 e. The van der Waals surface area contributed by atoms with E-state index in [4.69, 9.17) is 11.6 Å². The second kappa shape index (κ2) is 5.47. The molecule has 19 heavy (non-hydrogen) atoms. The Morgan fingerprint density at radius 2 is 2.11 bits per heavy atom. The van der Waals surface area contributed by atoms with E-state index in [1.807, 2.05) is 13.0 Å². The number of rotatable bonds is 3. The molecular formula is C14H18ClN3S. The van der Waals surface area contributed by atoms with Gasteiger partial charge in [0.2, 0.25) is 0 Å².